The van der Waals surface area contributed by atoms with Crippen LogP contribution in [0.3, 0.4) is 0 Å². The van der Waals surface area contributed by atoms with Crippen LogP contribution in [-0.2, 0) is 19.6 Å². The number of carbonyl (C=O) groups is 2. The molecule has 1 aromatic heterocycles. The van der Waals surface area contributed by atoms with E-state index < -0.39 is 22.0 Å². The fraction of sp³-hybridized carbons (Fsp3) is 0.308. The molecule has 0 saturated heterocycles. The predicted octanol–water partition coefficient (Wildman–Crippen LogP) is 4.74. The molecule has 3 atom stereocenters. The van der Waals surface area contributed by atoms with Gasteiger partial charge in [0.25, 0.3) is 10.0 Å². The molecule has 2 amide bonds. The molecule has 0 spiro atoms. The molecular formula is C26H28ClN3O4S2. The maximum absolute atomic E-state index is 13.8. The van der Waals surface area contributed by atoms with Gasteiger partial charge in [-0.15, -0.1) is 11.3 Å². The third-order valence-corrected chi connectivity index (χ3v) is 9.39. The molecule has 0 fully saturated rings. The van der Waals surface area contributed by atoms with Crippen molar-refractivity contribution in [1.29, 1.82) is 0 Å². The molecular weight excluding hydrogens is 518 g/mol. The van der Waals surface area contributed by atoms with Crippen molar-refractivity contribution in [3.8, 4) is 0 Å². The van der Waals surface area contributed by atoms with Crippen LogP contribution >= 0.6 is 22.9 Å². The van der Waals surface area contributed by atoms with Crippen molar-refractivity contribution in [2.75, 3.05) is 11.4 Å². The number of benzene rings is 2. The number of amides is 2. The van der Waals surface area contributed by atoms with Gasteiger partial charge in [0.15, 0.2) is 0 Å². The van der Waals surface area contributed by atoms with Gasteiger partial charge in [-0.1, -0.05) is 68.3 Å². The minimum absolute atomic E-state index is 0.0176. The van der Waals surface area contributed by atoms with E-state index >= 15 is 0 Å². The molecule has 2 aromatic carbocycles. The molecule has 10 heteroatoms. The van der Waals surface area contributed by atoms with Crippen molar-refractivity contribution in [2.24, 2.45) is 5.92 Å². The van der Waals surface area contributed by atoms with Gasteiger partial charge in [-0.2, -0.15) is 0 Å². The highest BCUT2D eigenvalue weighted by atomic mass is 35.5. The van der Waals surface area contributed by atoms with E-state index in [1.165, 1.54) is 6.07 Å². The van der Waals surface area contributed by atoms with Gasteiger partial charge in [0.2, 0.25) is 11.8 Å². The number of sulfonamides is 1. The van der Waals surface area contributed by atoms with Crippen LogP contribution in [-0.4, -0.2) is 32.8 Å². The number of nitrogens with zero attached hydrogens (tertiary/aromatic N) is 1. The number of hydrogen-bond donors (Lipinski definition) is 2. The SMILES string of the molecule is CCC(C)[C@H]1NC(c2ccccc2)c2cc(Cl)ccc2N(CCC(=O)NS(=O)(=O)c2cccs2)C1=O. The van der Waals surface area contributed by atoms with Gasteiger partial charge in [0, 0.05) is 23.7 Å². The number of halogens is 1. The maximum Gasteiger partial charge on any atom is 0.273 e. The highest BCUT2D eigenvalue weighted by Crippen LogP contribution is 2.37. The van der Waals surface area contributed by atoms with Crippen LogP contribution in [0.1, 0.15) is 43.9 Å². The van der Waals surface area contributed by atoms with E-state index in [4.69, 9.17) is 11.6 Å². The van der Waals surface area contributed by atoms with E-state index in [-0.39, 0.29) is 35.0 Å². The number of nitrogens with one attached hydrogen (secondary N) is 2. The van der Waals surface area contributed by atoms with E-state index in [1.54, 1.807) is 28.5 Å². The Morgan fingerprint density at radius 3 is 2.58 bits per heavy atom. The zero-order valence-corrected chi connectivity index (χ0v) is 22.4. The summed E-state index contributed by atoms with van der Waals surface area (Å²) in [5.74, 6) is -0.826. The Morgan fingerprint density at radius 2 is 1.92 bits per heavy atom. The van der Waals surface area contributed by atoms with Crippen molar-refractivity contribution in [1.82, 2.24) is 10.0 Å². The first-order valence-electron chi connectivity index (χ1n) is 11.7. The molecule has 4 rings (SSSR count). The minimum Gasteiger partial charge on any atom is -0.310 e. The largest absolute Gasteiger partial charge is 0.310 e. The van der Waals surface area contributed by atoms with Crippen LogP contribution in [0.5, 0.6) is 0 Å². The number of rotatable bonds is 8. The quantitative estimate of drug-likeness (QED) is 0.426. The fourth-order valence-corrected chi connectivity index (χ4v) is 6.49. The number of hydrogen-bond acceptors (Lipinski definition) is 6. The van der Waals surface area contributed by atoms with Crippen LogP contribution < -0.4 is 14.9 Å². The van der Waals surface area contributed by atoms with Crippen LogP contribution in [0.2, 0.25) is 5.02 Å². The third-order valence-electron chi connectivity index (χ3n) is 6.39. The molecule has 0 saturated carbocycles. The van der Waals surface area contributed by atoms with Gasteiger partial charge in [-0.25, -0.2) is 13.1 Å². The monoisotopic (exact) mass is 545 g/mol. The van der Waals surface area contributed by atoms with Crippen molar-refractivity contribution >= 4 is 50.5 Å². The molecule has 1 aliphatic rings. The van der Waals surface area contributed by atoms with Crippen LogP contribution in [0.25, 0.3) is 0 Å². The van der Waals surface area contributed by atoms with Crippen LogP contribution in [0.4, 0.5) is 5.69 Å². The first kappa shape index (κ1) is 26.3. The summed E-state index contributed by atoms with van der Waals surface area (Å²) >= 11 is 7.41. The van der Waals surface area contributed by atoms with Crippen molar-refractivity contribution in [3.05, 3.63) is 82.2 Å². The summed E-state index contributed by atoms with van der Waals surface area (Å²) < 4.78 is 27.1. The van der Waals surface area contributed by atoms with E-state index in [0.717, 1.165) is 28.9 Å². The van der Waals surface area contributed by atoms with Gasteiger partial charge in [0.1, 0.15) is 4.21 Å². The van der Waals surface area contributed by atoms with Crippen molar-refractivity contribution in [3.63, 3.8) is 0 Å². The Morgan fingerprint density at radius 1 is 1.17 bits per heavy atom. The van der Waals surface area contributed by atoms with Crippen molar-refractivity contribution in [2.45, 2.75) is 43.0 Å². The summed E-state index contributed by atoms with van der Waals surface area (Å²) in [4.78, 5) is 28.1. The molecule has 0 aliphatic carbocycles. The molecule has 190 valence electrons. The summed E-state index contributed by atoms with van der Waals surface area (Å²) in [6.07, 6.45) is 0.594. The molecule has 1 aliphatic heterocycles. The van der Waals surface area contributed by atoms with E-state index in [0.29, 0.717) is 10.7 Å². The highest BCUT2D eigenvalue weighted by Gasteiger charge is 2.37. The summed E-state index contributed by atoms with van der Waals surface area (Å²) in [5.41, 5.74) is 2.45. The number of carbonyl (C=O) groups excluding carboxylic acids is 2. The van der Waals surface area contributed by atoms with E-state index in [9.17, 15) is 18.0 Å². The molecule has 0 radical (unpaired) electrons. The summed E-state index contributed by atoms with van der Waals surface area (Å²) in [7, 11) is -3.94. The second-order valence-corrected chi connectivity index (χ2v) is 12.1. The topological polar surface area (TPSA) is 95.6 Å². The second kappa shape index (κ2) is 11.1. The van der Waals surface area contributed by atoms with Gasteiger partial charge in [0.05, 0.1) is 12.1 Å². The average Bonchev–Trinajstić information content (AvgIpc) is 3.38. The minimum atomic E-state index is -3.94. The number of anilines is 1. The number of thiophene rings is 1. The second-order valence-electron chi connectivity index (χ2n) is 8.78. The molecule has 3 aromatic rings. The normalized spacial score (nSPS) is 18.9. The van der Waals surface area contributed by atoms with E-state index in [2.05, 4.69) is 10.0 Å². The van der Waals surface area contributed by atoms with Gasteiger partial charge < -0.3 is 4.90 Å². The van der Waals surface area contributed by atoms with Crippen LogP contribution in [0.15, 0.2) is 70.3 Å². The predicted molar refractivity (Wildman–Crippen MR) is 143 cm³/mol. The summed E-state index contributed by atoms with van der Waals surface area (Å²) in [6.45, 7) is 4.06. The van der Waals surface area contributed by atoms with Crippen molar-refractivity contribution < 1.29 is 18.0 Å². The van der Waals surface area contributed by atoms with Gasteiger partial charge >= 0.3 is 0 Å². The summed E-state index contributed by atoms with van der Waals surface area (Å²) in [5, 5.41) is 5.71. The Hall–Kier alpha value is -2.72. The standard InChI is InChI=1S/C26H28ClN3O4S2/c1-3-17(2)24-26(32)30(14-13-22(31)29-36(33,34)23-10-7-15-35-23)21-12-11-19(27)16-20(21)25(28-24)18-8-5-4-6-9-18/h4-12,15-17,24-25,28H,3,13-14H2,1-2H3,(H,29,31)/t17?,24-,25?/m1/s1. The van der Waals surface area contributed by atoms with E-state index in [1.807, 2.05) is 50.2 Å². The third kappa shape index (κ3) is 5.64. The van der Waals surface area contributed by atoms with Crippen LogP contribution in [0, 0.1) is 5.92 Å². The average molecular weight is 546 g/mol. The molecule has 36 heavy (non-hydrogen) atoms. The summed E-state index contributed by atoms with van der Waals surface area (Å²) in [6, 6.07) is 17.4. The molecule has 2 unspecified atom stereocenters. The molecule has 7 nitrogen and oxygen atoms in total. The lowest BCUT2D eigenvalue weighted by Crippen LogP contribution is -2.49. The van der Waals surface area contributed by atoms with Gasteiger partial charge in [-0.3, -0.25) is 14.9 Å². The molecule has 2 N–H and O–H groups in total. The zero-order chi connectivity index (χ0) is 25.9. The lowest BCUT2D eigenvalue weighted by Gasteiger charge is -2.28. The first-order chi connectivity index (χ1) is 17.2. The Balaban J connectivity index is 1.67. The maximum atomic E-state index is 13.8. The Kier molecular flexibility index (Phi) is 8.14. The molecule has 0 bridgehead atoms. The lowest BCUT2D eigenvalue weighted by atomic mass is 9.94. The fourth-order valence-electron chi connectivity index (χ4n) is 4.31. The smallest absolute Gasteiger partial charge is 0.273 e. The Bertz CT molecular complexity index is 1330. The molecule has 2 heterocycles. The zero-order valence-electron chi connectivity index (χ0n) is 20.0. The first-order valence-corrected chi connectivity index (χ1v) is 14.5. The Labute approximate surface area is 220 Å². The van der Waals surface area contributed by atoms with Gasteiger partial charge in [-0.05, 0) is 46.7 Å². The lowest BCUT2D eigenvalue weighted by molar-refractivity contribution is -0.122. The highest BCUT2D eigenvalue weighted by molar-refractivity contribution is 7.92. The number of fused-ring (bicyclic) bond motifs is 1.